The van der Waals surface area contributed by atoms with Gasteiger partial charge in [-0.3, -0.25) is 0 Å². The highest BCUT2D eigenvalue weighted by molar-refractivity contribution is 7.98. The second-order valence-electron chi connectivity index (χ2n) is 3.78. The first-order valence-electron chi connectivity index (χ1n) is 5.02. The van der Waals surface area contributed by atoms with Crippen molar-refractivity contribution in [2.45, 2.75) is 18.1 Å². The molecule has 1 saturated heterocycles. The molecule has 1 heterocycles. The first-order valence-corrected chi connectivity index (χ1v) is 8.55. The van der Waals surface area contributed by atoms with Gasteiger partial charge in [-0.2, -0.15) is 0 Å². The third kappa shape index (κ3) is 3.79. The minimum absolute atomic E-state index is 0.241. The van der Waals surface area contributed by atoms with Crippen LogP contribution in [0.4, 0.5) is 0 Å². The number of sulfone groups is 2. The molecule has 5 nitrogen and oxygen atoms in total. The Kier molecular flexibility index (Phi) is 4.37. The van der Waals surface area contributed by atoms with E-state index in [1.54, 1.807) is 0 Å². The second kappa shape index (κ2) is 5.18. The fourth-order valence-electron chi connectivity index (χ4n) is 1.62. The minimum atomic E-state index is -3.24. The largest absolute Gasteiger partial charge is 0.502 e. The Hall–Kier alpha value is -0.560. The summed E-state index contributed by atoms with van der Waals surface area (Å²) < 4.78 is 50.7. The van der Waals surface area contributed by atoms with Gasteiger partial charge in [-0.05, 0) is 12.8 Å². The van der Waals surface area contributed by atoms with Crippen molar-refractivity contribution in [1.29, 1.82) is 0 Å². The first kappa shape index (κ1) is 13.5. The van der Waals surface area contributed by atoms with Crippen LogP contribution < -0.4 is 0 Å². The molecule has 0 aromatic rings. The van der Waals surface area contributed by atoms with Gasteiger partial charge in [-0.15, -0.1) is 0 Å². The molecular weight excluding hydrogens is 252 g/mol. The molecule has 0 spiro atoms. The molecule has 0 saturated carbocycles. The number of hydrogen-bond acceptors (Lipinski definition) is 5. The fraction of sp³-hybridized carbons (Fsp3) is 0.778. The summed E-state index contributed by atoms with van der Waals surface area (Å²) >= 11 is 0. The standard InChI is InChI=1S/C9H16O5S2/c1-2-14-5-3-4-9-8-15(10,11)6-7-16(9,12)13/h2,9H,1,3-8H2. The van der Waals surface area contributed by atoms with Crippen molar-refractivity contribution in [2.24, 2.45) is 0 Å². The lowest BCUT2D eigenvalue weighted by atomic mass is 10.2. The van der Waals surface area contributed by atoms with Crippen LogP contribution >= 0.6 is 0 Å². The number of hydrogen-bond donors (Lipinski definition) is 0. The molecular formula is C9H16O5S2. The molecule has 1 aliphatic heterocycles. The van der Waals surface area contributed by atoms with Gasteiger partial charge in [0.25, 0.3) is 0 Å². The maximum Gasteiger partial charge on any atom is 0.155 e. The molecule has 0 bridgehead atoms. The molecule has 1 rings (SSSR count). The van der Waals surface area contributed by atoms with Crippen LogP contribution in [0.15, 0.2) is 12.8 Å². The highest BCUT2D eigenvalue weighted by Gasteiger charge is 2.36. The van der Waals surface area contributed by atoms with Gasteiger partial charge in [0, 0.05) is 0 Å². The summed E-state index contributed by atoms with van der Waals surface area (Å²) in [4.78, 5) is 0. The van der Waals surface area contributed by atoms with Crippen LogP contribution in [-0.4, -0.2) is 46.0 Å². The Labute approximate surface area is 96.3 Å². The average Bonchev–Trinajstić information content (AvgIpc) is 2.18. The lowest BCUT2D eigenvalue weighted by Gasteiger charge is -2.22. The van der Waals surface area contributed by atoms with E-state index in [4.69, 9.17) is 4.74 Å². The summed E-state index contributed by atoms with van der Waals surface area (Å²) in [5, 5.41) is -0.764. The summed E-state index contributed by atoms with van der Waals surface area (Å²) in [6, 6.07) is 0. The lowest BCUT2D eigenvalue weighted by Crippen LogP contribution is -2.40. The molecule has 1 aliphatic rings. The van der Waals surface area contributed by atoms with Gasteiger partial charge in [0.15, 0.2) is 19.7 Å². The normalized spacial score (nSPS) is 27.1. The Morgan fingerprint density at radius 3 is 2.56 bits per heavy atom. The maximum atomic E-state index is 11.6. The van der Waals surface area contributed by atoms with E-state index in [-0.39, 0.29) is 17.3 Å². The van der Waals surface area contributed by atoms with E-state index in [9.17, 15) is 16.8 Å². The van der Waals surface area contributed by atoms with Crippen molar-refractivity contribution >= 4 is 19.7 Å². The molecule has 94 valence electrons. The van der Waals surface area contributed by atoms with Crippen LogP contribution in [-0.2, 0) is 24.4 Å². The number of rotatable bonds is 5. The summed E-state index contributed by atoms with van der Waals surface area (Å²) in [5.41, 5.74) is 0. The molecule has 0 aromatic carbocycles. The van der Waals surface area contributed by atoms with Crippen molar-refractivity contribution in [3.05, 3.63) is 12.8 Å². The van der Waals surface area contributed by atoms with Gasteiger partial charge in [0.05, 0.1) is 35.4 Å². The summed E-state index contributed by atoms with van der Waals surface area (Å²) in [7, 11) is -6.43. The van der Waals surface area contributed by atoms with E-state index in [1.165, 1.54) is 6.26 Å². The van der Waals surface area contributed by atoms with E-state index in [0.717, 1.165) is 0 Å². The SMILES string of the molecule is C=COCCCC1CS(=O)(=O)CCS1(=O)=O. The van der Waals surface area contributed by atoms with Crippen LogP contribution in [0.2, 0.25) is 0 Å². The zero-order chi connectivity index (χ0) is 12.2. The van der Waals surface area contributed by atoms with Gasteiger partial charge in [0.1, 0.15) is 0 Å². The topological polar surface area (TPSA) is 77.5 Å². The second-order valence-corrected chi connectivity index (χ2v) is 8.41. The Balaban J connectivity index is 2.57. The van der Waals surface area contributed by atoms with Crippen LogP contribution in [0.3, 0.4) is 0 Å². The van der Waals surface area contributed by atoms with Gasteiger partial charge in [-0.25, -0.2) is 16.8 Å². The van der Waals surface area contributed by atoms with Crippen molar-refractivity contribution in [1.82, 2.24) is 0 Å². The lowest BCUT2D eigenvalue weighted by molar-refractivity contribution is 0.243. The molecule has 7 heteroatoms. The Bertz CT molecular complexity index is 435. The van der Waals surface area contributed by atoms with Gasteiger partial charge < -0.3 is 4.74 Å². The Morgan fingerprint density at radius 2 is 1.94 bits per heavy atom. The Morgan fingerprint density at radius 1 is 1.25 bits per heavy atom. The van der Waals surface area contributed by atoms with Crippen molar-refractivity contribution < 1.29 is 21.6 Å². The molecule has 0 aliphatic carbocycles. The van der Waals surface area contributed by atoms with Crippen LogP contribution in [0.1, 0.15) is 12.8 Å². The molecule has 0 N–H and O–H groups in total. The monoisotopic (exact) mass is 268 g/mol. The molecule has 0 amide bonds. The zero-order valence-electron chi connectivity index (χ0n) is 8.96. The molecule has 1 fully saturated rings. The smallest absolute Gasteiger partial charge is 0.155 e. The zero-order valence-corrected chi connectivity index (χ0v) is 10.6. The third-order valence-corrected chi connectivity index (χ3v) is 6.93. The van der Waals surface area contributed by atoms with Crippen molar-refractivity contribution in [2.75, 3.05) is 23.9 Å². The van der Waals surface area contributed by atoms with E-state index in [2.05, 4.69) is 6.58 Å². The van der Waals surface area contributed by atoms with E-state index in [0.29, 0.717) is 19.4 Å². The minimum Gasteiger partial charge on any atom is -0.502 e. The average molecular weight is 268 g/mol. The quantitative estimate of drug-likeness (QED) is 0.523. The van der Waals surface area contributed by atoms with Gasteiger partial charge in [-0.1, -0.05) is 6.58 Å². The highest BCUT2D eigenvalue weighted by Crippen LogP contribution is 2.18. The molecule has 16 heavy (non-hydrogen) atoms. The van der Waals surface area contributed by atoms with Gasteiger partial charge in [0.2, 0.25) is 0 Å². The van der Waals surface area contributed by atoms with E-state index < -0.39 is 24.9 Å². The van der Waals surface area contributed by atoms with Crippen molar-refractivity contribution in [3.63, 3.8) is 0 Å². The fourth-order valence-corrected chi connectivity index (χ4v) is 6.78. The predicted octanol–water partition coefficient (Wildman–Crippen LogP) is 0.139. The van der Waals surface area contributed by atoms with E-state index in [1.807, 2.05) is 0 Å². The summed E-state index contributed by atoms with van der Waals surface area (Å²) in [6.07, 6.45) is 2.13. The molecule has 1 atom stereocenters. The third-order valence-electron chi connectivity index (χ3n) is 2.53. The number of ether oxygens (including phenoxy) is 1. The summed E-state index contributed by atoms with van der Waals surface area (Å²) in [6.45, 7) is 3.73. The maximum absolute atomic E-state index is 11.6. The first-order chi connectivity index (χ1) is 7.37. The van der Waals surface area contributed by atoms with Crippen LogP contribution in [0.25, 0.3) is 0 Å². The van der Waals surface area contributed by atoms with Gasteiger partial charge >= 0.3 is 0 Å². The summed E-state index contributed by atoms with van der Waals surface area (Å²) in [5.74, 6) is -0.735. The van der Waals surface area contributed by atoms with E-state index >= 15 is 0 Å². The molecule has 0 radical (unpaired) electrons. The van der Waals surface area contributed by atoms with Crippen LogP contribution in [0, 0.1) is 0 Å². The molecule has 1 unspecified atom stereocenters. The highest BCUT2D eigenvalue weighted by atomic mass is 32.2. The van der Waals surface area contributed by atoms with Crippen molar-refractivity contribution in [3.8, 4) is 0 Å². The van der Waals surface area contributed by atoms with Crippen LogP contribution in [0.5, 0.6) is 0 Å². The predicted molar refractivity (Wildman–Crippen MR) is 61.6 cm³/mol. The molecule has 0 aromatic heterocycles.